The first-order valence-corrected chi connectivity index (χ1v) is 9.32. The van der Waals surface area contributed by atoms with Crippen molar-refractivity contribution in [3.63, 3.8) is 0 Å². The number of hydrogen-bond acceptors (Lipinski definition) is 4. The lowest BCUT2D eigenvalue weighted by molar-refractivity contribution is -0.146. The minimum atomic E-state index is -0.686. The van der Waals surface area contributed by atoms with Gasteiger partial charge in [-0.05, 0) is 39.5 Å². The standard InChI is InChI=1S/C20H24N2O4/c1-19-9-5-3-7-13(19)15(23)21(17(19)25)11-12-22-16(24)14-8-4-6-10-20(14,2)18(22)26/h3-6,13-14H,7-12H2,1-2H3/t13-,14-,19-,20+/m0/s1. The van der Waals surface area contributed by atoms with Crippen molar-refractivity contribution in [1.29, 1.82) is 0 Å². The van der Waals surface area contributed by atoms with Gasteiger partial charge in [0, 0.05) is 13.1 Å². The van der Waals surface area contributed by atoms with Gasteiger partial charge in [-0.15, -0.1) is 0 Å². The van der Waals surface area contributed by atoms with Crippen LogP contribution in [-0.2, 0) is 19.2 Å². The van der Waals surface area contributed by atoms with Crippen LogP contribution in [0.3, 0.4) is 0 Å². The maximum atomic E-state index is 12.8. The van der Waals surface area contributed by atoms with Crippen LogP contribution < -0.4 is 0 Å². The molecule has 2 heterocycles. The molecule has 138 valence electrons. The Morgan fingerprint density at radius 1 is 0.769 bits per heavy atom. The molecule has 0 saturated carbocycles. The Morgan fingerprint density at radius 2 is 1.15 bits per heavy atom. The van der Waals surface area contributed by atoms with Crippen LogP contribution in [0.25, 0.3) is 0 Å². The van der Waals surface area contributed by atoms with Crippen molar-refractivity contribution in [2.45, 2.75) is 39.5 Å². The summed E-state index contributed by atoms with van der Waals surface area (Å²) in [5.41, 5.74) is -1.37. The van der Waals surface area contributed by atoms with Crippen LogP contribution in [0, 0.1) is 22.7 Å². The molecule has 4 aliphatic rings. The van der Waals surface area contributed by atoms with Crippen LogP contribution in [0.5, 0.6) is 0 Å². The smallest absolute Gasteiger partial charge is 0.236 e. The Hall–Kier alpha value is -2.24. The maximum absolute atomic E-state index is 12.8. The van der Waals surface area contributed by atoms with Gasteiger partial charge in [0.15, 0.2) is 0 Å². The Kier molecular flexibility index (Phi) is 3.72. The summed E-state index contributed by atoms with van der Waals surface area (Å²) in [6, 6.07) is 0. The third kappa shape index (κ3) is 2.10. The Balaban J connectivity index is 1.50. The maximum Gasteiger partial charge on any atom is 0.236 e. The van der Waals surface area contributed by atoms with Gasteiger partial charge in [0.2, 0.25) is 23.6 Å². The van der Waals surface area contributed by atoms with Crippen LogP contribution in [-0.4, -0.2) is 46.5 Å². The van der Waals surface area contributed by atoms with Crippen molar-refractivity contribution in [2.75, 3.05) is 13.1 Å². The summed E-state index contributed by atoms with van der Waals surface area (Å²) in [5.74, 6) is -1.36. The second-order valence-electron chi connectivity index (χ2n) is 8.35. The zero-order chi connectivity index (χ0) is 18.7. The normalized spacial score (nSPS) is 39.0. The third-order valence-electron chi connectivity index (χ3n) is 6.84. The molecule has 0 spiro atoms. The zero-order valence-corrected chi connectivity index (χ0v) is 15.2. The number of fused-ring (bicyclic) bond motifs is 2. The molecule has 0 unspecified atom stereocenters. The van der Waals surface area contributed by atoms with E-state index in [-0.39, 0.29) is 48.6 Å². The Bertz CT molecular complexity index is 706. The van der Waals surface area contributed by atoms with E-state index in [1.165, 1.54) is 9.80 Å². The fourth-order valence-electron chi connectivity index (χ4n) is 4.96. The molecule has 0 bridgehead atoms. The number of hydrogen-bond donors (Lipinski definition) is 0. The average Bonchev–Trinajstić information content (AvgIpc) is 2.93. The summed E-state index contributed by atoms with van der Waals surface area (Å²) in [6.07, 6.45) is 10.1. The van der Waals surface area contributed by atoms with Crippen molar-refractivity contribution >= 4 is 23.6 Å². The highest BCUT2D eigenvalue weighted by Crippen LogP contribution is 2.47. The molecule has 2 aliphatic heterocycles. The second-order valence-corrected chi connectivity index (χ2v) is 8.35. The van der Waals surface area contributed by atoms with Crippen LogP contribution >= 0.6 is 0 Å². The summed E-state index contributed by atoms with van der Waals surface area (Å²) < 4.78 is 0. The van der Waals surface area contributed by atoms with Gasteiger partial charge in [-0.3, -0.25) is 29.0 Å². The fourth-order valence-corrected chi connectivity index (χ4v) is 4.96. The molecule has 2 fully saturated rings. The number of carbonyl (C=O) groups excluding carboxylic acids is 4. The molecule has 4 rings (SSSR count). The molecule has 6 heteroatoms. The minimum Gasteiger partial charge on any atom is -0.280 e. The van der Waals surface area contributed by atoms with Crippen molar-refractivity contribution in [2.24, 2.45) is 22.7 Å². The Labute approximate surface area is 152 Å². The lowest BCUT2D eigenvalue weighted by Gasteiger charge is -2.28. The first kappa shape index (κ1) is 17.2. The van der Waals surface area contributed by atoms with E-state index in [4.69, 9.17) is 0 Å². The van der Waals surface area contributed by atoms with Gasteiger partial charge in [0.1, 0.15) is 0 Å². The van der Waals surface area contributed by atoms with E-state index in [2.05, 4.69) is 0 Å². The molecular weight excluding hydrogens is 332 g/mol. The molecular formula is C20H24N2O4. The molecule has 0 N–H and O–H groups in total. The lowest BCUT2D eigenvalue weighted by atomic mass is 9.72. The molecule has 0 aromatic carbocycles. The molecule has 4 atom stereocenters. The monoisotopic (exact) mass is 356 g/mol. The highest BCUT2D eigenvalue weighted by atomic mass is 16.2. The summed E-state index contributed by atoms with van der Waals surface area (Å²) in [4.78, 5) is 53.6. The summed E-state index contributed by atoms with van der Waals surface area (Å²) in [7, 11) is 0. The molecule has 0 aromatic heterocycles. The number of carbonyl (C=O) groups is 4. The first-order valence-electron chi connectivity index (χ1n) is 9.32. The quantitative estimate of drug-likeness (QED) is 0.569. The van der Waals surface area contributed by atoms with E-state index in [9.17, 15) is 19.2 Å². The molecule has 0 radical (unpaired) electrons. The highest BCUT2D eigenvalue weighted by Gasteiger charge is 2.58. The van der Waals surface area contributed by atoms with E-state index in [1.54, 1.807) is 0 Å². The average molecular weight is 356 g/mol. The van der Waals surface area contributed by atoms with Gasteiger partial charge in [0.05, 0.1) is 22.7 Å². The van der Waals surface area contributed by atoms with Gasteiger partial charge in [-0.2, -0.15) is 0 Å². The highest BCUT2D eigenvalue weighted by molar-refractivity contribution is 6.09. The summed E-state index contributed by atoms with van der Waals surface area (Å²) in [5, 5.41) is 0. The first-order chi connectivity index (χ1) is 12.3. The molecule has 26 heavy (non-hydrogen) atoms. The number of allylic oxidation sites excluding steroid dienone is 4. The summed E-state index contributed by atoms with van der Waals surface area (Å²) >= 11 is 0. The number of likely N-dealkylation sites (tertiary alicyclic amines) is 2. The van der Waals surface area contributed by atoms with E-state index < -0.39 is 10.8 Å². The fraction of sp³-hybridized carbons (Fsp3) is 0.600. The second kappa shape index (κ2) is 5.63. The van der Waals surface area contributed by atoms with Crippen molar-refractivity contribution in [3.05, 3.63) is 24.3 Å². The minimum absolute atomic E-state index is 0.0947. The van der Waals surface area contributed by atoms with Gasteiger partial charge in [-0.1, -0.05) is 24.3 Å². The van der Waals surface area contributed by atoms with Gasteiger partial charge < -0.3 is 0 Å². The van der Waals surface area contributed by atoms with Crippen LogP contribution in [0.4, 0.5) is 0 Å². The largest absolute Gasteiger partial charge is 0.280 e. The topological polar surface area (TPSA) is 74.8 Å². The van der Waals surface area contributed by atoms with E-state index in [1.807, 2.05) is 38.2 Å². The van der Waals surface area contributed by atoms with E-state index >= 15 is 0 Å². The van der Waals surface area contributed by atoms with E-state index in [0.29, 0.717) is 25.7 Å². The predicted octanol–water partition coefficient (Wildman–Crippen LogP) is 1.67. The predicted molar refractivity (Wildman–Crippen MR) is 93.4 cm³/mol. The van der Waals surface area contributed by atoms with Gasteiger partial charge in [-0.25, -0.2) is 0 Å². The molecule has 6 nitrogen and oxygen atoms in total. The number of amides is 4. The zero-order valence-electron chi connectivity index (χ0n) is 15.2. The van der Waals surface area contributed by atoms with Crippen LogP contribution in [0.15, 0.2) is 24.3 Å². The third-order valence-corrected chi connectivity index (χ3v) is 6.84. The number of imide groups is 2. The lowest BCUT2D eigenvalue weighted by Crippen LogP contribution is -2.43. The molecule has 0 aromatic rings. The van der Waals surface area contributed by atoms with Crippen molar-refractivity contribution in [3.8, 4) is 0 Å². The molecule has 4 amide bonds. The van der Waals surface area contributed by atoms with Gasteiger partial charge >= 0.3 is 0 Å². The Morgan fingerprint density at radius 3 is 1.50 bits per heavy atom. The molecule has 2 saturated heterocycles. The molecule has 2 aliphatic carbocycles. The van der Waals surface area contributed by atoms with Crippen molar-refractivity contribution < 1.29 is 19.2 Å². The number of rotatable bonds is 3. The van der Waals surface area contributed by atoms with Crippen molar-refractivity contribution in [1.82, 2.24) is 9.80 Å². The van der Waals surface area contributed by atoms with E-state index in [0.717, 1.165) is 0 Å². The van der Waals surface area contributed by atoms with Gasteiger partial charge in [0.25, 0.3) is 0 Å². The van der Waals surface area contributed by atoms with Crippen LogP contribution in [0.2, 0.25) is 0 Å². The SMILES string of the molecule is C[C@@]12CC=CC[C@H]1C(=O)N(CCN1C(=O)[C@@H]3CC=CC[C@]3(C)C1=O)C2=O. The number of nitrogens with zero attached hydrogens (tertiary/aromatic N) is 2. The summed E-state index contributed by atoms with van der Waals surface area (Å²) in [6.45, 7) is 3.87. The van der Waals surface area contributed by atoms with Crippen LogP contribution in [0.1, 0.15) is 39.5 Å².